The Bertz CT molecular complexity index is 1490. The third kappa shape index (κ3) is 4.06. The Morgan fingerprint density at radius 2 is 1.91 bits per heavy atom. The van der Waals surface area contributed by atoms with Gasteiger partial charge < -0.3 is 10.5 Å². The Balaban J connectivity index is 1.49. The van der Waals surface area contributed by atoms with E-state index in [9.17, 15) is 14.0 Å². The van der Waals surface area contributed by atoms with Crippen LogP contribution in [0.5, 0.6) is 11.5 Å². The van der Waals surface area contributed by atoms with Gasteiger partial charge in [-0.1, -0.05) is 5.92 Å². The number of likely N-dealkylation sites (tertiary alicyclic amines) is 1. The quantitative estimate of drug-likeness (QED) is 0.350. The fraction of sp³-hybridized carbons (Fsp3) is 0.200. The zero-order chi connectivity index (χ0) is 24.5. The molecule has 1 saturated heterocycles. The van der Waals surface area contributed by atoms with E-state index in [0.29, 0.717) is 35.4 Å². The molecule has 1 aliphatic heterocycles. The molecule has 0 spiro atoms. The van der Waals surface area contributed by atoms with Crippen LogP contribution in [0.1, 0.15) is 18.9 Å². The molecule has 5 rings (SSSR count). The molecule has 0 unspecified atom stereocenters. The van der Waals surface area contributed by atoms with Gasteiger partial charge in [-0.05, 0) is 49.2 Å². The van der Waals surface area contributed by atoms with Gasteiger partial charge in [-0.2, -0.15) is 10.4 Å². The normalized spacial score (nSPS) is 17.7. The lowest BCUT2D eigenvalue weighted by Crippen LogP contribution is -2.40. The Labute approximate surface area is 199 Å². The van der Waals surface area contributed by atoms with Crippen LogP contribution in [0, 0.1) is 35.4 Å². The minimum absolute atomic E-state index is 0.0869. The van der Waals surface area contributed by atoms with Gasteiger partial charge in [0.2, 0.25) is 0 Å². The lowest BCUT2D eigenvalue weighted by atomic mass is 9.99. The van der Waals surface area contributed by atoms with Gasteiger partial charge in [0.25, 0.3) is 0 Å². The predicted octanol–water partition coefficient (Wildman–Crippen LogP) is 4.27. The zero-order valence-corrected chi connectivity index (χ0v) is 18.4. The summed E-state index contributed by atoms with van der Waals surface area (Å²) >= 11 is 0. The maximum absolute atomic E-state index is 13.9. The first kappa shape index (κ1) is 22.1. The summed E-state index contributed by atoms with van der Waals surface area (Å²) < 4.78 is 34.4. The molecule has 0 bridgehead atoms. The molecule has 8 nitrogen and oxygen atoms in total. The van der Waals surface area contributed by atoms with Crippen molar-refractivity contribution >= 4 is 16.9 Å². The van der Waals surface area contributed by atoms with E-state index in [4.69, 9.17) is 22.0 Å². The average Bonchev–Trinajstić information content (AvgIpc) is 3.27. The number of ether oxygens (including phenoxy) is 1. The molecule has 2 aromatic heterocycles. The highest BCUT2D eigenvalue weighted by atomic mass is 19.1. The van der Waals surface area contributed by atoms with Crippen molar-refractivity contribution < 1.29 is 13.5 Å². The molecule has 2 atom stereocenters. The monoisotopic (exact) mass is 471 g/mol. The van der Waals surface area contributed by atoms with Gasteiger partial charge in [0.05, 0.1) is 24.0 Å². The maximum Gasteiger partial charge on any atom is 0.180 e. The molecule has 10 heteroatoms. The van der Waals surface area contributed by atoms with Gasteiger partial charge in [-0.15, -0.1) is 6.42 Å². The molecule has 3 heterocycles. The summed E-state index contributed by atoms with van der Waals surface area (Å²) in [4.78, 5) is 10.1. The van der Waals surface area contributed by atoms with Crippen LogP contribution >= 0.6 is 0 Å². The van der Waals surface area contributed by atoms with E-state index in [-0.39, 0.29) is 23.7 Å². The van der Waals surface area contributed by atoms with E-state index in [0.717, 1.165) is 24.1 Å². The number of nitrogens with two attached hydrogens (primary N) is 1. The molecular formula is C25H19F2N7O. The van der Waals surface area contributed by atoms with E-state index in [1.165, 1.54) is 12.4 Å². The fourth-order valence-electron chi connectivity index (χ4n) is 4.25. The van der Waals surface area contributed by atoms with Crippen molar-refractivity contribution in [1.29, 1.82) is 5.26 Å². The number of rotatable bonds is 4. The van der Waals surface area contributed by atoms with Crippen LogP contribution in [0.25, 0.3) is 22.3 Å². The van der Waals surface area contributed by atoms with Gasteiger partial charge in [0, 0.05) is 11.6 Å². The van der Waals surface area contributed by atoms with Crippen LogP contribution in [0.2, 0.25) is 0 Å². The molecule has 0 amide bonds. The number of nitrogen functional groups attached to an aromatic ring is 1. The Kier molecular flexibility index (Phi) is 5.63. The summed E-state index contributed by atoms with van der Waals surface area (Å²) in [5.74, 6) is 1.73. The highest BCUT2D eigenvalue weighted by Crippen LogP contribution is 2.35. The van der Waals surface area contributed by atoms with Crippen molar-refractivity contribution in [3.63, 3.8) is 0 Å². The number of nitriles is 1. The Hall–Kier alpha value is -4.70. The van der Waals surface area contributed by atoms with Gasteiger partial charge in [-0.25, -0.2) is 23.4 Å². The lowest BCUT2D eigenvalue weighted by Gasteiger charge is -2.33. The van der Waals surface area contributed by atoms with E-state index in [1.54, 1.807) is 33.8 Å². The molecule has 2 N–H and O–H groups in total. The van der Waals surface area contributed by atoms with Gasteiger partial charge in [-0.3, -0.25) is 4.90 Å². The molecule has 4 aromatic rings. The molecule has 174 valence electrons. The molecular weight excluding hydrogens is 452 g/mol. The lowest BCUT2D eigenvalue weighted by molar-refractivity contribution is 0.201. The zero-order valence-electron chi connectivity index (χ0n) is 18.4. The topological polar surface area (TPSA) is 106 Å². The van der Waals surface area contributed by atoms with Gasteiger partial charge >= 0.3 is 0 Å². The Morgan fingerprint density at radius 1 is 1.11 bits per heavy atom. The molecule has 0 radical (unpaired) electrons. The first-order valence-corrected chi connectivity index (χ1v) is 10.8. The van der Waals surface area contributed by atoms with Crippen molar-refractivity contribution in [2.75, 3.05) is 12.3 Å². The third-order valence-corrected chi connectivity index (χ3v) is 5.99. The molecule has 2 aromatic carbocycles. The van der Waals surface area contributed by atoms with Crippen LogP contribution in [0.15, 0.2) is 48.8 Å². The summed E-state index contributed by atoms with van der Waals surface area (Å²) in [6.07, 6.45) is 10.5. The van der Waals surface area contributed by atoms with E-state index in [1.807, 2.05) is 0 Å². The number of terminal acetylenes is 1. The molecule has 0 saturated carbocycles. The third-order valence-electron chi connectivity index (χ3n) is 5.99. The van der Waals surface area contributed by atoms with Crippen molar-refractivity contribution in [3.8, 4) is 41.3 Å². The largest absolute Gasteiger partial charge is 0.454 e. The number of hydrogen-bond donors (Lipinski definition) is 1. The standard InChI is InChI=1S/C25H19F2N7O/c1-2-17-6-7-18(12-33(17)13-28)34-25-22(24(29)30-14-31-25)23(32-34)15-3-8-19(9-4-15)35-21-10-5-16(26)11-20(21)27/h1,3-5,8-11,14,17-18H,6-7,12H2,(H2,29,30,31)/t17-,18+/m1/s1. The molecule has 0 aliphatic carbocycles. The second-order valence-electron chi connectivity index (χ2n) is 8.12. The fourth-order valence-corrected chi connectivity index (χ4v) is 4.25. The van der Waals surface area contributed by atoms with Crippen molar-refractivity contribution in [2.24, 2.45) is 0 Å². The average molecular weight is 471 g/mol. The van der Waals surface area contributed by atoms with Gasteiger partial charge in [0.15, 0.2) is 23.4 Å². The molecule has 1 aliphatic rings. The van der Waals surface area contributed by atoms with Crippen LogP contribution in [0.4, 0.5) is 14.6 Å². The van der Waals surface area contributed by atoms with E-state index >= 15 is 0 Å². The van der Waals surface area contributed by atoms with Crippen LogP contribution < -0.4 is 10.5 Å². The van der Waals surface area contributed by atoms with E-state index < -0.39 is 11.6 Å². The number of anilines is 1. The summed E-state index contributed by atoms with van der Waals surface area (Å²) in [6, 6.07) is 9.55. The second kappa shape index (κ2) is 8.92. The van der Waals surface area contributed by atoms with Crippen LogP contribution in [-0.2, 0) is 0 Å². The highest BCUT2D eigenvalue weighted by molar-refractivity contribution is 5.98. The number of piperidine rings is 1. The van der Waals surface area contributed by atoms with Crippen molar-refractivity contribution in [2.45, 2.75) is 24.9 Å². The minimum Gasteiger partial charge on any atom is -0.454 e. The van der Waals surface area contributed by atoms with Crippen LogP contribution in [0.3, 0.4) is 0 Å². The summed E-state index contributed by atoms with van der Waals surface area (Å²) in [6.45, 7) is 0.404. The predicted molar refractivity (Wildman–Crippen MR) is 125 cm³/mol. The minimum atomic E-state index is -0.797. The van der Waals surface area contributed by atoms with Crippen LogP contribution in [-0.4, -0.2) is 37.2 Å². The SMILES string of the molecule is C#C[C@@H]1CC[C@H](n2nc(-c3ccc(Oc4ccc(F)cc4F)cc3)c3c(N)ncnc32)CN1C#N. The number of fused-ring (bicyclic) bond motifs is 1. The number of halogens is 2. The highest BCUT2D eigenvalue weighted by Gasteiger charge is 2.30. The van der Waals surface area contributed by atoms with Gasteiger partial charge in [0.1, 0.15) is 29.4 Å². The number of hydrogen-bond acceptors (Lipinski definition) is 7. The van der Waals surface area contributed by atoms with Crippen molar-refractivity contribution in [3.05, 3.63) is 60.4 Å². The molecule has 1 fully saturated rings. The van der Waals surface area contributed by atoms with Crippen molar-refractivity contribution in [1.82, 2.24) is 24.6 Å². The summed E-state index contributed by atoms with van der Waals surface area (Å²) in [5.41, 5.74) is 8.05. The summed E-state index contributed by atoms with van der Waals surface area (Å²) in [7, 11) is 0. The molecule has 35 heavy (non-hydrogen) atoms. The Morgan fingerprint density at radius 3 is 2.63 bits per heavy atom. The smallest absolute Gasteiger partial charge is 0.180 e. The number of nitrogens with zero attached hydrogens (tertiary/aromatic N) is 6. The second-order valence-corrected chi connectivity index (χ2v) is 8.12. The first-order valence-electron chi connectivity index (χ1n) is 10.8. The number of aromatic nitrogens is 4. The van der Waals surface area contributed by atoms with E-state index in [2.05, 4.69) is 22.1 Å². The maximum atomic E-state index is 13.9. The number of benzene rings is 2. The summed E-state index contributed by atoms with van der Waals surface area (Å²) in [5, 5.41) is 14.9. The first-order chi connectivity index (χ1) is 17.0.